The van der Waals surface area contributed by atoms with Gasteiger partial charge >= 0.3 is 5.97 Å². The number of hydrogen-bond acceptors (Lipinski definition) is 1. The summed E-state index contributed by atoms with van der Waals surface area (Å²) in [4.78, 5) is 10.4. The van der Waals surface area contributed by atoms with E-state index >= 15 is 0 Å². The summed E-state index contributed by atoms with van der Waals surface area (Å²) in [6.07, 6.45) is 4.60. The lowest BCUT2D eigenvalue weighted by Gasteiger charge is -2.32. The molecule has 0 radical (unpaired) electrons. The van der Waals surface area contributed by atoms with E-state index in [0.29, 0.717) is 0 Å². The highest BCUT2D eigenvalue weighted by Crippen LogP contribution is 2.37. The highest BCUT2D eigenvalue weighted by atomic mass is 19.1. The molecular formula is C10H17FO2. The molecule has 0 aliphatic heterocycles. The molecule has 0 saturated heterocycles. The molecule has 0 aromatic rings. The zero-order chi connectivity index (χ0) is 9.90. The van der Waals surface area contributed by atoms with Crippen molar-refractivity contribution in [2.45, 2.75) is 51.1 Å². The summed E-state index contributed by atoms with van der Waals surface area (Å²) >= 11 is 0. The van der Waals surface area contributed by atoms with Crippen LogP contribution in [0.25, 0.3) is 0 Å². The molecule has 1 aliphatic carbocycles. The third kappa shape index (κ3) is 2.98. The number of aliphatic carboxylic acids is 1. The summed E-state index contributed by atoms with van der Waals surface area (Å²) in [5, 5.41) is 8.54. The van der Waals surface area contributed by atoms with Crippen LogP contribution in [0.1, 0.15) is 45.4 Å². The molecule has 1 N–H and O–H groups in total. The summed E-state index contributed by atoms with van der Waals surface area (Å²) in [5.74, 6) is -1.08. The smallest absolute Gasteiger partial charge is 0.306 e. The summed E-state index contributed by atoms with van der Waals surface area (Å²) in [6, 6.07) is 0. The molecule has 1 saturated carbocycles. The summed E-state index contributed by atoms with van der Waals surface area (Å²) < 4.78 is 13.8. The van der Waals surface area contributed by atoms with Gasteiger partial charge in [-0.1, -0.05) is 19.3 Å². The van der Waals surface area contributed by atoms with Crippen LogP contribution in [0.3, 0.4) is 0 Å². The molecular weight excluding hydrogens is 171 g/mol. The molecule has 2 nitrogen and oxygen atoms in total. The molecule has 1 rings (SSSR count). The molecule has 0 aromatic heterocycles. The third-order valence-electron chi connectivity index (χ3n) is 2.95. The van der Waals surface area contributed by atoms with Crippen molar-refractivity contribution in [3.63, 3.8) is 0 Å². The van der Waals surface area contributed by atoms with Gasteiger partial charge in [-0.15, -0.1) is 0 Å². The molecule has 76 valence electrons. The Kier molecular flexibility index (Phi) is 3.28. The van der Waals surface area contributed by atoms with E-state index in [9.17, 15) is 9.18 Å². The normalized spacial score (nSPS) is 23.8. The Hall–Kier alpha value is -0.600. The average Bonchev–Trinajstić information content (AvgIpc) is 2.04. The van der Waals surface area contributed by atoms with Crippen LogP contribution in [-0.4, -0.2) is 16.7 Å². The van der Waals surface area contributed by atoms with Crippen molar-refractivity contribution in [2.75, 3.05) is 0 Å². The van der Waals surface area contributed by atoms with Crippen LogP contribution in [-0.2, 0) is 4.79 Å². The Labute approximate surface area is 78.1 Å². The Morgan fingerprint density at radius 2 is 2.00 bits per heavy atom. The van der Waals surface area contributed by atoms with E-state index in [4.69, 9.17) is 5.11 Å². The van der Waals surface area contributed by atoms with Gasteiger partial charge < -0.3 is 5.11 Å². The first-order valence-electron chi connectivity index (χ1n) is 4.93. The van der Waals surface area contributed by atoms with Crippen LogP contribution in [0, 0.1) is 5.92 Å². The predicted molar refractivity (Wildman–Crippen MR) is 48.3 cm³/mol. The average molecular weight is 188 g/mol. The fraction of sp³-hybridized carbons (Fsp3) is 0.900. The van der Waals surface area contributed by atoms with E-state index in [1.807, 2.05) is 0 Å². The van der Waals surface area contributed by atoms with Crippen molar-refractivity contribution in [3.05, 3.63) is 0 Å². The lowest BCUT2D eigenvalue weighted by atomic mass is 9.77. The van der Waals surface area contributed by atoms with Crippen LogP contribution in [0.5, 0.6) is 0 Å². The monoisotopic (exact) mass is 188 g/mol. The van der Waals surface area contributed by atoms with Gasteiger partial charge in [0.15, 0.2) is 0 Å². The largest absolute Gasteiger partial charge is 0.481 e. The summed E-state index contributed by atoms with van der Waals surface area (Å²) in [5.41, 5.74) is -1.51. The molecule has 1 atom stereocenters. The highest BCUT2D eigenvalue weighted by Gasteiger charge is 2.36. The Morgan fingerprint density at radius 1 is 1.46 bits per heavy atom. The van der Waals surface area contributed by atoms with Gasteiger partial charge in [0.2, 0.25) is 0 Å². The molecule has 0 amide bonds. The molecule has 0 aromatic carbocycles. The van der Waals surface area contributed by atoms with Gasteiger partial charge in [0.05, 0.1) is 6.42 Å². The van der Waals surface area contributed by atoms with Crippen LogP contribution < -0.4 is 0 Å². The fourth-order valence-electron chi connectivity index (χ4n) is 2.14. The number of carboxylic acid groups (broad SMARTS) is 1. The van der Waals surface area contributed by atoms with Gasteiger partial charge in [-0.2, -0.15) is 0 Å². The number of halogens is 1. The van der Waals surface area contributed by atoms with Crippen LogP contribution in [0.15, 0.2) is 0 Å². The van der Waals surface area contributed by atoms with E-state index in [-0.39, 0.29) is 12.3 Å². The molecule has 0 bridgehead atoms. The molecule has 3 heteroatoms. The number of hydrogen-bond donors (Lipinski definition) is 1. The summed E-state index contributed by atoms with van der Waals surface area (Å²) in [6.45, 7) is 1.43. The quantitative estimate of drug-likeness (QED) is 0.739. The van der Waals surface area contributed by atoms with E-state index < -0.39 is 11.6 Å². The SMILES string of the molecule is CC(F)(CC(=O)O)C1CCCCC1. The predicted octanol–water partition coefficient (Wildman–Crippen LogP) is 2.77. The van der Waals surface area contributed by atoms with E-state index in [0.717, 1.165) is 25.7 Å². The second-order valence-electron chi connectivity index (χ2n) is 4.18. The number of rotatable bonds is 3. The number of carbonyl (C=O) groups is 1. The zero-order valence-electron chi connectivity index (χ0n) is 8.05. The van der Waals surface area contributed by atoms with Crippen molar-refractivity contribution in [3.8, 4) is 0 Å². The zero-order valence-corrected chi connectivity index (χ0v) is 8.05. The second kappa shape index (κ2) is 4.07. The van der Waals surface area contributed by atoms with Crippen molar-refractivity contribution in [1.82, 2.24) is 0 Å². The first-order valence-corrected chi connectivity index (χ1v) is 4.93. The Bertz CT molecular complexity index is 183. The maximum Gasteiger partial charge on any atom is 0.306 e. The van der Waals surface area contributed by atoms with E-state index in [2.05, 4.69) is 0 Å². The lowest BCUT2D eigenvalue weighted by molar-refractivity contribution is -0.141. The molecule has 1 aliphatic rings. The van der Waals surface area contributed by atoms with Gasteiger partial charge in [-0.25, -0.2) is 4.39 Å². The van der Waals surface area contributed by atoms with Crippen molar-refractivity contribution < 1.29 is 14.3 Å². The van der Waals surface area contributed by atoms with Gasteiger partial charge in [0.1, 0.15) is 5.67 Å². The van der Waals surface area contributed by atoms with Gasteiger partial charge in [-0.3, -0.25) is 4.79 Å². The van der Waals surface area contributed by atoms with E-state index in [1.165, 1.54) is 13.3 Å². The fourth-order valence-corrected chi connectivity index (χ4v) is 2.14. The van der Waals surface area contributed by atoms with Crippen LogP contribution in [0.4, 0.5) is 4.39 Å². The molecule has 0 heterocycles. The minimum atomic E-state index is -1.51. The third-order valence-corrected chi connectivity index (χ3v) is 2.95. The maximum absolute atomic E-state index is 13.8. The minimum Gasteiger partial charge on any atom is -0.481 e. The molecule has 0 spiro atoms. The molecule has 1 unspecified atom stereocenters. The number of alkyl halides is 1. The van der Waals surface area contributed by atoms with Crippen LogP contribution >= 0.6 is 0 Å². The molecule has 1 fully saturated rings. The van der Waals surface area contributed by atoms with Gasteiger partial charge in [-0.05, 0) is 25.7 Å². The highest BCUT2D eigenvalue weighted by molar-refractivity contribution is 5.68. The Balaban J connectivity index is 2.50. The topological polar surface area (TPSA) is 37.3 Å². The Morgan fingerprint density at radius 3 is 2.46 bits per heavy atom. The van der Waals surface area contributed by atoms with Crippen molar-refractivity contribution in [1.29, 1.82) is 0 Å². The minimum absolute atomic E-state index is 0.0441. The van der Waals surface area contributed by atoms with Crippen molar-refractivity contribution >= 4 is 5.97 Å². The summed E-state index contributed by atoms with van der Waals surface area (Å²) in [7, 11) is 0. The standard InChI is InChI=1S/C10H17FO2/c1-10(11,7-9(12)13)8-5-3-2-4-6-8/h8H,2-7H2,1H3,(H,12,13). The second-order valence-corrected chi connectivity index (χ2v) is 4.18. The van der Waals surface area contributed by atoms with Crippen molar-refractivity contribution in [2.24, 2.45) is 5.92 Å². The lowest BCUT2D eigenvalue weighted by Crippen LogP contribution is -2.33. The maximum atomic E-state index is 13.8. The van der Waals surface area contributed by atoms with Gasteiger partial charge in [0, 0.05) is 0 Å². The van der Waals surface area contributed by atoms with Gasteiger partial charge in [0.25, 0.3) is 0 Å². The number of carboxylic acids is 1. The first kappa shape index (κ1) is 10.5. The first-order chi connectivity index (χ1) is 6.02. The van der Waals surface area contributed by atoms with Crippen LogP contribution in [0.2, 0.25) is 0 Å². The molecule has 13 heavy (non-hydrogen) atoms. The van der Waals surface area contributed by atoms with E-state index in [1.54, 1.807) is 0 Å².